The van der Waals surface area contributed by atoms with Gasteiger partial charge in [0.05, 0.1) is 5.92 Å². The Kier molecular flexibility index (Phi) is 3.05. The summed E-state index contributed by atoms with van der Waals surface area (Å²) in [5, 5.41) is 3.23. The number of carbonyl (C=O) groups is 2. The molecule has 5 aliphatic rings. The zero-order valence-electron chi connectivity index (χ0n) is 12.8. The highest BCUT2D eigenvalue weighted by molar-refractivity contribution is 5.82. The molecule has 2 unspecified atom stereocenters. The minimum Gasteiger partial charge on any atom is -0.455 e. The molecule has 0 aromatic heterocycles. The normalized spacial score (nSPS) is 46.2. The monoisotopic (exact) mass is 291 g/mol. The number of esters is 1. The number of amides is 1. The highest BCUT2D eigenvalue weighted by Gasteiger charge is 2.51. The third-order valence-electron chi connectivity index (χ3n) is 6.20. The van der Waals surface area contributed by atoms with Crippen LogP contribution in [0.25, 0.3) is 0 Å². The molecule has 5 aliphatic carbocycles. The number of carbonyl (C=O) groups excluding carboxylic acids is 2. The average Bonchev–Trinajstić information content (AvgIpc) is 3.11. The number of hydrogen-bond donors (Lipinski definition) is 1. The lowest BCUT2D eigenvalue weighted by atomic mass is 9.53. The zero-order chi connectivity index (χ0) is 14.6. The van der Waals surface area contributed by atoms with E-state index in [1.807, 2.05) is 6.92 Å². The SMILES string of the molecule is CC1CC1C(=O)OCC(=O)NC12CC3CC(CC(C3)C1)C2. The van der Waals surface area contributed by atoms with Gasteiger partial charge in [-0.1, -0.05) is 6.92 Å². The molecule has 0 spiro atoms. The van der Waals surface area contributed by atoms with Gasteiger partial charge in [0.2, 0.25) is 0 Å². The van der Waals surface area contributed by atoms with Gasteiger partial charge in [-0.3, -0.25) is 9.59 Å². The smallest absolute Gasteiger partial charge is 0.309 e. The lowest BCUT2D eigenvalue weighted by Crippen LogP contribution is -2.60. The van der Waals surface area contributed by atoms with Crippen LogP contribution in [0.3, 0.4) is 0 Å². The van der Waals surface area contributed by atoms with Gasteiger partial charge in [-0.2, -0.15) is 0 Å². The van der Waals surface area contributed by atoms with E-state index in [1.165, 1.54) is 19.3 Å². The van der Waals surface area contributed by atoms with Crippen LogP contribution in [0.2, 0.25) is 0 Å². The van der Waals surface area contributed by atoms with E-state index in [9.17, 15) is 9.59 Å². The summed E-state index contributed by atoms with van der Waals surface area (Å²) in [6, 6.07) is 0. The molecule has 0 aliphatic heterocycles. The van der Waals surface area contributed by atoms with E-state index in [0.717, 1.165) is 43.4 Å². The van der Waals surface area contributed by atoms with Crippen LogP contribution < -0.4 is 5.32 Å². The molecule has 0 aromatic rings. The van der Waals surface area contributed by atoms with Crippen molar-refractivity contribution in [2.45, 2.75) is 57.4 Å². The van der Waals surface area contributed by atoms with Crippen LogP contribution in [-0.4, -0.2) is 24.0 Å². The lowest BCUT2D eigenvalue weighted by Gasteiger charge is -2.56. The topological polar surface area (TPSA) is 55.4 Å². The maximum absolute atomic E-state index is 12.2. The molecule has 1 N–H and O–H groups in total. The van der Waals surface area contributed by atoms with Gasteiger partial charge >= 0.3 is 5.97 Å². The number of rotatable bonds is 4. The van der Waals surface area contributed by atoms with Crippen LogP contribution >= 0.6 is 0 Å². The molecule has 1 amide bonds. The molecule has 4 heteroatoms. The minimum absolute atomic E-state index is 0.0190. The van der Waals surface area contributed by atoms with Gasteiger partial charge in [0.15, 0.2) is 6.61 Å². The van der Waals surface area contributed by atoms with E-state index in [2.05, 4.69) is 5.32 Å². The Hall–Kier alpha value is -1.06. The van der Waals surface area contributed by atoms with Gasteiger partial charge in [0, 0.05) is 5.54 Å². The second kappa shape index (κ2) is 4.72. The molecule has 5 saturated carbocycles. The van der Waals surface area contributed by atoms with E-state index in [-0.39, 0.29) is 29.9 Å². The first-order valence-corrected chi connectivity index (χ1v) is 8.51. The van der Waals surface area contributed by atoms with Gasteiger partial charge in [-0.25, -0.2) is 0 Å². The quantitative estimate of drug-likeness (QED) is 0.808. The van der Waals surface area contributed by atoms with E-state index >= 15 is 0 Å². The fraction of sp³-hybridized carbons (Fsp3) is 0.882. The molecule has 0 radical (unpaired) electrons. The summed E-state index contributed by atoms with van der Waals surface area (Å²) in [5.74, 6) is 2.62. The molecular formula is C17H25NO3. The van der Waals surface area contributed by atoms with E-state index in [1.54, 1.807) is 0 Å². The minimum atomic E-state index is -0.192. The Morgan fingerprint density at radius 3 is 2.05 bits per heavy atom. The summed E-state index contributed by atoms with van der Waals surface area (Å²) in [7, 11) is 0. The summed E-state index contributed by atoms with van der Waals surface area (Å²) in [4.78, 5) is 23.9. The lowest BCUT2D eigenvalue weighted by molar-refractivity contribution is -0.151. The van der Waals surface area contributed by atoms with Crippen molar-refractivity contribution >= 4 is 11.9 Å². The van der Waals surface area contributed by atoms with Crippen molar-refractivity contribution in [2.75, 3.05) is 6.61 Å². The Morgan fingerprint density at radius 1 is 1.05 bits per heavy atom. The van der Waals surface area contributed by atoms with Crippen molar-refractivity contribution < 1.29 is 14.3 Å². The molecule has 0 heterocycles. The highest BCUT2D eigenvalue weighted by Crippen LogP contribution is 2.55. The summed E-state index contributed by atoms with van der Waals surface area (Å²) in [6.07, 6.45) is 8.42. The van der Waals surface area contributed by atoms with E-state index in [4.69, 9.17) is 4.74 Å². The molecular weight excluding hydrogens is 266 g/mol. The van der Waals surface area contributed by atoms with Crippen molar-refractivity contribution in [3.05, 3.63) is 0 Å². The number of ether oxygens (including phenoxy) is 1. The van der Waals surface area contributed by atoms with E-state index in [0.29, 0.717) is 5.92 Å². The van der Waals surface area contributed by atoms with Crippen LogP contribution in [0.1, 0.15) is 51.9 Å². The van der Waals surface area contributed by atoms with Crippen molar-refractivity contribution in [3.8, 4) is 0 Å². The summed E-state index contributed by atoms with van der Waals surface area (Å²) in [5.41, 5.74) is 0.0190. The van der Waals surface area contributed by atoms with Gasteiger partial charge in [-0.15, -0.1) is 0 Å². The summed E-state index contributed by atoms with van der Waals surface area (Å²) in [6.45, 7) is 1.95. The molecule has 21 heavy (non-hydrogen) atoms. The van der Waals surface area contributed by atoms with Crippen molar-refractivity contribution in [1.29, 1.82) is 0 Å². The van der Waals surface area contributed by atoms with Gasteiger partial charge in [0.25, 0.3) is 5.91 Å². The number of nitrogens with one attached hydrogen (secondary N) is 1. The predicted molar refractivity (Wildman–Crippen MR) is 77.3 cm³/mol. The highest BCUT2D eigenvalue weighted by atomic mass is 16.5. The van der Waals surface area contributed by atoms with Crippen LogP contribution in [-0.2, 0) is 14.3 Å². The third-order valence-corrected chi connectivity index (χ3v) is 6.20. The zero-order valence-corrected chi connectivity index (χ0v) is 12.8. The maximum atomic E-state index is 12.2. The fourth-order valence-electron chi connectivity index (χ4n) is 5.49. The average molecular weight is 291 g/mol. The maximum Gasteiger partial charge on any atom is 0.309 e. The van der Waals surface area contributed by atoms with Crippen LogP contribution in [0, 0.1) is 29.6 Å². The molecule has 5 rings (SSSR count). The molecule has 4 nitrogen and oxygen atoms in total. The van der Waals surface area contributed by atoms with Gasteiger partial charge < -0.3 is 10.1 Å². The predicted octanol–water partition coefficient (Wildman–Crippen LogP) is 2.27. The van der Waals surface area contributed by atoms with Gasteiger partial charge in [0.1, 0.15) is 0 Å². The number of hydrogen-bond acceptors (Lipinski definition) is 3. The molecule has 116 valence electrons. The summed E-state index contributed by atoms with van der Waals surface area (Å²) >= 11 is 0. The van der Waals surface area contributed by atoms with Crippen LogP contribution in [0.15, 0.2) is 0 Å². The van der Waals surface area contributed by atoms with Crippen molar-refractivity contribution in [1.82, 2.24) is 5.32 Å². The van der Waals surface area contributed by atoms with E-state index < -0.39 is 0 Å². The molecule has 0 saturated heterocycles. The van der Waals surface area contributed by atoms with Crippen LogP contribution in [0.5, 0.6) is 0 Å². The van der Waals surface area contributed by atoms with Crippen molar-refractivity contribution in [3.63, 3.8) is 0 Å². The largest absolute Gasteiger partial charge is 0.455 e. The van der Waals surface area contributed by atoms with Crippen molar-refractivity contribution in [2.24, 2.45) is 29.6 Å². The molecule has 5 fully saturated rings. The Balaban J connectivity index is 1.31. The van der Waals surface area contributed by atoms with Crippen LogP contribution in [0.4, 0.5) is 0 Å². The molecule has 4 bridgehead atoms. The second-order valence-corrected chi connectivity index (χ2v) is 8.17. The first kappa shape index (κ1) is 13.6. The standard InChI is InChI=1S/C17H25NO3/c1-10-2-14(10)16(20)21-9-15(19)18-17-6-11-3-12(7-17)5-13(4-11)8-17/h10-14H,2-9H2,1H3,(H,18,19). The third kappa shape index (κ3) is 2.58. The molecule has 0 aromatic carbocycles. The first-order valence-electron chi connectivity index (χ1n) is 8.51. The van der Waals surface area contributed by atoms with Gasteiger partial charge in [-0.05, 0) is 68.6 Å². The fourth-order valence-corrected chi connectivity index (χ4v) is 5.49. The second-order valence-electron chi connectivity index (χ2n) is 8.17. The summed E-state index contributed by atoms with van der Waals surface area (Å²) < 4.78 is 5.16. The Morgan fingerprint density at radius 2 is 1.57 bits per heavy atom. The Bertz CT molecular complexity index is 437. The molecule has 2 atom stereocenters. The Labute approximate surface area is 126 Å². The first-order chi connectivity index (χ1) is 10.0.